The van der Waals surface area contributed by atoms with E-state index in [-0.39, 0.29) is 0 Å². The summed E-state index contributed by atoms with van der Waals surface area (Å²) < 4.78 is 0. The molecule has 0 radical (unpaired) electrons. The molecule has 5 nitrogen and oxygen atoms in total. The standard InChI is InChI=1S/C9H14N2O3S/c1-3-7(9(13)14)11-8(12)6(10)4-5-15-2/h1,6-7H,4-5,10H2,2H3,(H,11,12)(H,13,14). The highest BCUT2D eigenvalue weighted by Gasteiger charge is 2.20. The van der Waals surface area contributed by atoms with E-state index in [1.165, 1.54) is 0 Å². The average molecular weight is 230 g/mol. The van der Waals surface area contributed by atoms with Gasteiger partial charge in [0, 0.05) is 0 Å². The molecule has 0 aromatic carbocycles. The molecule has 0 aromatic heterocycles. The summed E-state index contributed by atoms with van der Waals surface area (Å²) in [6.45, 7) is 0. The number of hydrogen-bond acceptors (Lipinski definition) is 4. The molecule has 4 N–H and O–H groups in total. The van der Waals surface area contributed by atoms with Crippen LogP contribution in [0.1, 0.15) is 6.42 Å². The van der Waals surface area contributed by atoms with Crippen LogP contribution in [0.4, 0.5) is 0 Å². The van der Waals surface area contributed by atoms with Gasteiger partial charge in [0.2, 0.25) is 5.91 Å². The summed E-state index contributed by atoms with van der Waals surface area (Å²) in [5.74, 6) is 0.895. The first-order valence-electron chi connectivity index (χ1n) is 4.26. The highest BCUT2D eigenvalue weighted by molar-refractivity contribution is 7.98. The Bertz CT molecular complexity index is 275. The van der Waals surface area contributed by atoms with Crippen LogP contribution in [-0.4, -0.2) is 41.1 Å². The van der Waals surface area contributed by atoms with Crippen molar-refractivity contribution < 1.29 is 14.7 Å². The number of nitrogens with one attached hydrogen (secondary N) is 1. The van der Waals surface area contributed by atoms with Crippen molar-refractivity contribution in [2.75, 3.05) is 12.0 Å². The van der Waals surface area contributed by atoms with Crippen LogP contribution < -0.4 is 11.1 Å². The molecule has 2 unspecified atom stereocenters. The molecule has 84 valence electrons. The number of hydrogen-bond donors (Lipinski definition) is 3. The van der Waals surface area contributed by atoms with Gasteiger partial charge in [-0.05, 0) is 18.4 Å². The van der Waals surface area contributed by atoms with Crippen molar-refractivity contribution in [3.05, 3.63) is 0 Å². The van der Waals surface area contributed by atoms with Crippen LogP contribution in [0.25, 0.3) is 0 Å². The predicted molar refractivity (Wildman–Crippen MR) is 59.4 cm³/mol. The summed E-state index contributed by atoms with van der Waals surface area (Å²) in [5, 5.41) is 10.7. The Morgan fingerprint density at radius 3 is 2.67 bits per heavy atom. The van der Waals surface area contributed by atoms with E-state index in [0.717, 1.165) is 5.75 Å². The molecule has 0 bridgehead atoms. The van der Waals surface area contributed by atoms with Gasteiger partial charge in [-0.1, -0.05) is 5.92 Å². The van der Waals surface area contributed by atoms with Gasteiger partial charge in [0.1, 0.15) is 0 Å². The maximum absolute atomic E-state index is 11.3. The molecule has 1 amide bonds. The lowest BCUT2D eigenvalue weighted by molar-refractivity contribution is -0.140. The van der Waals surface area contributed by atoms with Crippen molar-refractivity contribution in [2.24, 2.45) is 5.73 Å². The molecule has 0 rings (SSSR count). The van der Waals surface area contributed by atoms with Crippen LogP contribution in [0.2, 0.25) is 0 Å². The first-order chi connectivity index (χ1) is 7.02. The largest absolute Gasteiger partial charge is 0.479 e. The van der Waals surface area contributed by atoms with Crippen LogP contribution in [-0.2, 0) is 9.59 Å². The molecule has 0 spiro atoms. The van der Waals surface area contributed by atoms with E-state index in [2.05, 4.69) is 5.32 Å². The molecule has 6 heteroatoms. The van der Waals surface area contributed by atoms with Crippen molar-refractivity contribution in [1.29, 1.82) is 0 Å². The highest BCUT2D eigenvalue weighted by atomic mass is 32.2. The van der Waals surface area contributed by atoms with Gasteiger partial charge in [-0.15, -0.1) is 6.42 Å². The Labute approximate surface area is 92.8 Å². The van der Waals surface area contributed by atoms with Gasteiger partial charge in [-0.25, -0.2) is 4.79 Å². The molecule has 0 aromatic rings. The molecule has 2 atom stereocenters. The molecule has 0 aliphatic rings. The van der Waals surface area contributed by atoms with Crippen LogP contribution in [0.3, 0.4) is 0 Å². The third-order valence-electron chi connectivity index (χ3n) is 1.67. The molecular weight excluding hydrogens is 216 g/mol. The molecule has 0 saturated heterocycles. The minimum Gasteiger partial charge on any atom is -0.479 e. The van der Waals surface area contributed by atoms with Gasteiger partial charge < -0.3 is 16.2 Å². The minimum absolute atomic E-state index is 0.490. The molecule has 0 aliphatic heterocycles. The molecule has 0 aliphatic carbocycles. The number of carbonyl (C=O) groups is 2. The Morgan fingerprint density at radius 2 is 2.27 bits per heavy atom. The van der Waals surface area contributed by atoms with E-state index in [1.54, 1.807) is 11.8 Å². The smallest absolute Gasteiger partial charge is 0.338 e. The molecule has 0 saturated carbocycles. The van der Waals surface area contributed by atoms with Gasteiger partial charge in [-0.2, -0.15) is 11.8 Å². The Balaban J connectivity index is 4.11. The Kier molecular flexibility index (Phi) is 6.58. The quantitative estimate of drug-likeness (QED) is 0.523. The fourth-order valence-electron chi connectivity index (χ4n) is 0.800. The Hall–Kier alpha value is -1.19. The van der Waals surface area contributed by atoms with Crippen LogP contribution in [0, 0.1) is 12.3 Å². The predicted octanol–water partition coefficient (Wildman–Crippen LogP) is -0.731. The number of carboxylic acids is 1. The lowest BCUT2D eigenvalue weighted by Gasteiger charge is -2.13. The van der Waals surface area contributed by atoms with Crippen molar-refractivity contribution >= 4 is 23.6 Å². The van der Waals surface area contributed by atoms with Crippen LogP contribution in [0.15, 0.2) is 0 Å². The molecule has 0 fully saturated rings. The fraction of sp³-hybridized carbons (Fsp3) is 0.556. The minimum atomic E-state index is -1.31. The van der Waals surface area contributed by atoms with E-state index in [1.807, 2.05) is 12.2 Å². The van der Waals surface area contributed by atoms with Gasteiger partial charge in [-0.3, -0.25) is 4.79 Å². The third kappa shape index (κ3) is 5.30. The maximum Gasteiger partial charge on any atom is 0.338 e. The van der Waals surface area contributed by atoms with E-state index < -0.39 is 24.0 Å². The van der Waals surface area contributed by atoms with E-state index in [0.29, 0.717) is 6.42 Å². The fourth-order valence-corrected chi connectivity index (χ4v) is 1.29. The molecule has 15 heavy (non-hydrogen) atoms. The number of amides is 1. The second kappa shape index (κ2) is 7.15. The lowest BCUT2D eigenvalue weighted by Crippen LogP contribution is -2.48. The zero-order chi connectivity index (χ0) is 11.8. The summed E-state index contributed by atoms with van der Waals surface area (Å²) >= 11 is 1.56. The Morgan fingerprint density at radius 1 is 1.67 bits per heavy atom. The second-order valence-electron chi connectivity index (χ2n) is 2.83. The van der Waals surface area contributed by atoms with Crippen molar-refractivity contribution in [3.8, 4) is 12.3 Å². The van der Waals surface area contributed by atoms with Gasteiger partial charge in [0.05, 0.1) is 6.04 Å². The summed E-state index contributed by atoms with van der Waals surface area (Å²) in [7, 11) is 0. The van der Waals surface area contributed by atoms with Crippen molar-refractivity contribution in [3.63, 3.8) is 0 Å². The third-order valence-corrected chi connectivity index (χ3v) is 2.31. The molecular formula is C9H14N2O3S. The van der Waals surface area contributed by atoms with E-state index in [9.17, 15) is 9.59 Å². The van der Waals surface area contributed by atoms with E-state index in [4.69, 9.17) is 17.3 Å². The SMILES string of the molecule is C#CC(NC(=O)C(N)CCSC)C(=O)O. The van der Waals surface area contributed by atoms with Gasteiger partial charge >= 0.3 is 5.97 Å². The number of nitrogens with two attached hydrogens (primary N) is 1. The number of rotatable bonds is 6. The second-order valence-corrected chi connectivity index (χ2v) is 3.82. The highest BCUT2D eigenvalue weighted by Crippen LogP contribution is 1.99. The number of aliphatic carboxylic acids is 1. The number of terminal acetylenes is 1. The molecule has 0 heterocycles. The first kappa shape index (κ1) is 13.8. The maximum atomic E-state index is 11.3. The lowest BCUT2D eigenvalue weighted by atomic mass is 10.2. The number of carbonyl (C=O) groups excluding carboxylic acids is 1. The topological polar surface area (TPSA) is 92.4 Å². The van der Waals surface area contributed by atoms with Crippen molar-refractivity contribution in [2.45, 2.75) is 18.5 Å². The van der Waals surface area contributed by atoms with E-state index >= 15 is 0 Å². The van der Waals surface area contributed by atoms with Crippen LogP contribution >= 0.6 is 11.8 Å². The van der Waals surface area contributed by atoms with Crippen LogP contribution in [0.5, 0.6) is 0 Å². The summed E-state index contributed by atoms with van der Waals surface area (Å²) in [4.78, 5) is 21.8. The van der Waals surface area contributed by atoms with Gasteiger partial charge in [0.15, 0.2) is 6.04 Å². The monoisotopic (exact) mass is 230 g/mol. The van der Waals surface area contributed by atoms with Gasteiger partial charge in [0.25, 0.3) is 0 Å². The first-order valence-corrected chi connectivity index (χ1v) is 5.66. The number of carboxylic acid groups (broad SMARTS) is 1. The summed E-state index contributed by atoms with van der Waals surface area (Å²) in [5.41, 5.74) is 5.52. The number of thioether (sulfide) groups is 1. The summed E-state index contributed by atoms with van der Waals surface area (Å²) in [6.07, 6.45) is 7.32. The van der Waals surface area contributed by atoms with Crippen molar-refractivity contribution in [1.82, 2.24) is 5.32 Å². The normalized spacial score (nSPS) is 13.7. The summed E-state index contributed by atoms with van der Waals surface area (Å²) in [6, 6.07) is -2.02. The average Bonchev–Trinajstić information content (AvgIpc) is 2.21. The zero-order valence-electron chi connectivity index (χ0n) is 8.40. The zero-order valence-corrected chi connectivity index (χ0v) is 9.21.